The van der Waals surface area contributed by atoms with E-state index in [9.17, 15) is 10.2 Å². The highest BCUT2D eigenvalue weighted by Gasteiger charge is 2.47. The molecule has 0 aromatic heterocycles. The molecule has 2 nitrogen and oxygen atoms in total. The van der Waals surface area contributed by atoms with Crippen LogP contribution in [0.1, 0.15) is 33.1 Å². The van der Waals surface area contributed by atoms with Crippen LogP contribution in [-0.4, -0.2) is 31.3 Å². The maximum atomic E-state index is 9.96. The summed E-state index contributed by atoms with van der Waals surface area (Å²) >= 11 is 0. The van der Waals surface area contributed by atoms with E-state index in [4.69, 9.17) is 0 Å². The minimum Gasteiger partial charge on any atom is -0.392 e. The second-order valence-corrected chi connectivity index (χ2v) is 5.87. The molecule has 0 spiro atoms. The standard InChI is InChI=1S/C8H18O2Si/c1-6-4-3-5-8(10,11)7(6,2)9/h6,9-10H,3-5H2,1-2,11H3. The van der Waals surface area contributed by atoms with E-state index in [-0.39, 0.29) is 5.92 Å². The third-order valence-corrected chi connectivity index (χ3v) is 4.86. The molecule has 1 rings (SSSR count). The Bertz CT molecular complexity index is 154. The van der Waals surface area contributed by atoms with Crippen molar-refractivity contribution >= 4 is 10.2 Å². The minimum atomic E-state index is -0.850. The Morgan fingerprint density at radius 2 is 2.00 bits per heavy atom. The molecule has 0 bridgehead atoms. The Balaban J connectivity index is 2.82. The normalized spacial score (nSPS) is 52.9. The van der Waals surface area contributed by atoms with Gasteiger partial charge in [0, 0.05) is 10.2 Å². The molecule has 0 heterocycles. The summed E-state index contributed by atoms with van der Waals surface area (Å²) in [5.41, 5.74) is -0.850. The first kappa shape index (κ1) is 9.23. The average molecular weight is 174 g/mol. The lowest BCUT2D eigenvalue weighted by Gasteiger charge is -2.47. The van der Waals surface area contributed by atoms with Crippen LogP contribution in [0.15, 0.2) is 0 Å². The van der Waals surface area contributed by atoms with Gasteiger partial charge in [0.05, 0.1) is 10.8 Å². The van der Waals surface area contributed by atoms with E-state index >= 15 is 0 Å². The molecule has 0 aromatic carbocycles. The Labute approximate surface area is 71.0 Å². The van der Waals surface area contributed by atoms with Gasteiger partial charge in [-0.05, 0) is 25.7 Å². The highest BCUT2D eigenvalue weighted by molar-refractivity contribution is 6.15. The fraction of sp³-hybridized carbons (Fsp3) is 1.00. The Kier molecular flexibility index (Phi) is 2.16. The summed E-state index contributed by atoms with van der Waals surface area (Å²) in [5, 5.41) is 19.1. The van der Waals surface area contributed by atoms with Gasteiger partial charge in [0.1, 0.15) is 0 Å². The number of hydrogen-bond donors (Lipinski definition) is 2. The van der Waals surface area contributed by atoms with Gasteiger partial charge in [0.15, 0.2) is 0 Å². The van der Waals surface area contributed by atoms with Crippen LogP contribution < -0.4 is 0 Å². The van der Waals surface area contributed by atoms with Gasteiger partial charge < -0.3 is 10.2 Å². The molecule has 66 valence electrons. The van der Waals surface area contributed by atoms with Crippen LogP contribution in [0.3, 0.4) is 0 Å². The van der Waals surface area contributed by atoms with Crippen molar-refractivity contribution in [2.75, 3.05) is 0 Å². The first-order valence-electron chi connectivity index (χ1n) is 4.33. The van der Waals surface area contributed by atoms with Crippen LogP contribution in [-0.2, 0) is 0 Å². The van der Waals surface area contributed by atoms with Crippen molar-refractivity contribution < 1.29 is 10.2 Å². The number of rotatable bonds is 0. The van der Waals surface area contributed by atoms with Gasteiger partial charge in [0.2, 0.25) is 0 Å². The van der Waals surface area contributed by atoms with E-state index in [1.165, 1.54) is 0 Å². The molecule has 1 aliphatic rings. The third kappa shape index (κ3) is 1.37. The Hall–Kier alpha value is 0.137. The lowest BCUT2D eigenvalue weighted by Crippen LogP contribution is -2.58. The van der Waals surface area contributed by atoms with Gasteiger partial charge in [0.25, 0.3) is 0 Å². The van der Waals surface area contributed by atoms with Gasteiger partial charge in [-0.1, -0.05) is 13.3 Å². The minimum absolute atomic E-state index is 0.235. The van der Waals surface area contributed by atoms with Crippen LogP contribution in [0, 0.1) is 5.92 Å². The molecule has 11 heavy (non-hydrogen) atoms. The van der Waals surface area contributed by atoms with Crippen molar-refractivity contribution in [3.8, 4) is 0 Å². The summed E-state index contributed by atoms with van der Waals surface area (Å²) in [6, 6.07) is 0. The van der Waals surface area contributed by atoms with Crippen molar-refractivity contribution in [1.29, 1.82) is 0 Å². The highest BCUT2D eigenvalue weighted by Crippen LogP contribution is 2.38. The fourth-order valence-corrected chi connectivity index (χ4v) is 2.66. The molecule has 0 radical (unpaired) electrons. The highest BCUT2D eigenvalue weighted by atomic mass is 28.1. The van der Waals surface area contributed by atoms with Crippen molar-refractivity contribution in [1.82, 2.24) is 0 Å². The monoisotopic (exact) mass is 174 g/mol. The van der Waals surface area contributed by atoms with Crippen molar-refractivity contribution in [2.24, 2.45) is 5.92 Å². The fourth-order valence-electron chi connectivity index (χ4n) is 1.82. The van der Waals surface area contributed by atoms with Gasteiger partial charge >= 0.3 is 0 Å². The molecule has 3 heteroatoms. The van der Waals surface area contributed by atoms with E-state index in [0.29, 0.717) is 10.2 Å². The van der Waals surface area contributed by atoms with Crippen LogP contribution in [0.4, 0.5) is 0 Å². The molecule has 3 atom stereocenters. The summed E-state index contributed by atoms with van der Waals surface area (Å²) in [6.07, 6.45) is 2.87. The van der Waals surface area contributed by atoms with E-state index < -0.39 is 10.8 Å². The number of hydrogen-bond acceptors (Lipinski definition) is 2. The second-order valence-electron chi connectivity index (χ2n) is 4.21. The molecule has 0 amide bonds. The average Bonchev–Trinajstić information content (AvgIpc) is 1.84. The summed E-state index contributed by atoms with van der Waals surface area (Å²) < 4.78 is 0. The van der Waals surface area contributed by atoms with E-state index in [1.54, 1.807) is 6.92 Å². The largest absolute Gasteiger partial charge is 0.392 e. The Morgan fingerprint density at radius 1 is 1.45 bits per heavy atom. The maximum absolute atomic E-state index is 9.96. The van der Waals surface area contributed by atoms with Crippen molar-refractivity contribution in [2.45, 2.75) is 43.9 Å². The van der Waals surface area contributed by atoms with Crippen LogP contribution in [0.5, 0.6) is 0 Å². The zero-order valence-electron chi connectivity index (χ0n) is 7.59. The lowest BCUT2D eigenvalue weighted by molar-refractivity contribution is -0.144. The van der Waals surface area contributed by atoms with Gasteiger partial charge in [-0.25, -0.2) is 0 Å². The predicted octanol–water partition coefficient (Wildman–Crippen LogP) is -0.389. The molecular formula is C8H18O2Si. The molecule has 1 fully saturated rings. The molecule has 0 aliphatic heterocycles. The zero-order valence-corrected chi connectivity index (χ0v) is 9.59. The SMILES string of the molecule is CC1CCCC(O)([SiH3])C1(C)O. The quantitative estimate of drug-likeness (QED) is 0.491. The van der Waals surface area contributed by atoms with Crippen LogP contribution >= 0.6 is 0 Å². The lowest BCUT2D eigenvalue weighted by atomic mass is 9.75. The smallest absolute Gasteiger partial charge is 0.0890 e. The topological polar surface area (TPSA) is 40.5 Å². The first-order valence-corrected chi connectivity index (χ1v) is 5.33. The molecule has 1 saturated carbocycles. The molecule has 3 unspecified atom stereocenters. The predicted molar refractivity (Wildman–Crippen MR) is 48.5 cm³/mol. The molecular weight excluding hydrogens is 156 g/mol. The van der Waals surface area contributed by atoms with Gasteiger partial charge in [-0.2, -0.15) is 0 Å². The van der Waals surface area contributed by atoms with E-state index in [0.717, 1.165) is 19.3 Å². The number of aliphatic hydroxyl groups is 2. The molecule has 0 aromatic rings. The second kappa shape index (κ2) is 2.57. The third-order valence-electron chi connectivity index (χ3n) is 3.35. The first-order chi connectivity index (χ1) is 4.88. The molecule has 2 N–H and O–H groups in total. The zero-order chi connectivity index (χ0) is 8.70. The summed E-state index contributed by atoms with van der Waals surface area (Å²) in [5.74, 6) is 0.235. The molecule has 1 aliphatic carbocycles. The van der Waals surface area contributed by atoms with Gasteiger partial charge in [-0.15, -0.1) is 0 Å². The Morgan fingerprint density at radius 3 is 2.36 bits per heavy atom. The van der Waals surface area contributed by atoms with Crippen LogP contribution in [0.25, 0.3) is 0 Å². The van der Waals surface area contributed by atoms with Crippen LogP contribution in [0.2, 0.25) is 0 Å². The van der Waals surface area contributed by atoms with E-state index in [1.807, 2.05) is 6.92 Å². The summed E-state index contributed by atoms with van der Waals surface area (Å²) in [4.78, 5) is 0. The maximum Gasteiger partial charge on any atom is 0.0890 e. The van der Waals surface area contributed by atoms with Crippen molar-refractivity contribution in [3.63, 3.8) is 0 Å². The molecule has 0 saturated heterocycles. The summed E-state index contributed by atoms with van der Waals surface area (Å²) in [6.45, 7) is 3.78. The van der Waals surface area contributed by atoms with E-state index in [2.05, 4.69) is 0 Å². The van der Waals surface area contributed by atoms with Crippen molar-refractivity contribution in [3.05, 3.63) is 0 Å². The van der Waals surface area contributed by atoms with Gasteiger partial charge in [-0.3, -0.25) is 0 Å². The summed E-state index contributed by atoms with van der Waals surface area (Å²) in [7, 11) is 0.662.